The van der Waals surface area contributed by atoms with Crippen molar-refractivity contribution < 1.29 is 4.39 Å². The number of halogens is 1. The van der Waals surface area contributed by atoms with Gasteiger partial charge < -0.3 is 4.98 Å². The molecule has 0 amide bonds. The highest BCUT2D eigenvalue weighted by atomic mass is 19.1. The Balaban J connectivity index is 2.74. The smallest absolute Gasteiger partial charge is 0.215 e. The van der Waals surface area contributed by atoms with E-state index in [0.29, 0.717) is 17.0 Å². The third-order valence-corrected chi connectivity index (χ3v) is 1.60. The number of H-pyrrole nitrogens is 1. The monoisotopic (exact) mass is 166 g/mol. The number of para-hydroxylation sites is 1. The Bertz CT molecular complexity index is 409. The number of aromatic amines is 1. The Kier molecular flexibility index (Phi) is 1.44. The molecule has 12 heavy (non-hydrogen) atoms. The zero-order valence-corrected chi connectivity index (χ0v) is 6.13. The molecule has 2 aromatic rings. The lowest BCUT2D eigenvalue weighted by atomic mass is 10.3. The zero-order valence-electron chi connectivity index (χ0n) is 6.13. The summed E-state index contributed by atoms with van der Waals surface area (Å²) in [6.07, 6.45) is 0. The average molecular weight is 166 g/mol. The molecule has 0 aliphatic heterocycles. The highest BCUT2D eigenvalue weighted by Gasteiger charge is 2.04. The van der Waals surface area contributed by atoms with E-state index in [0.717, 1.165) is 0 Å². The number of rotatable bonds is 1. The molecule has 0 aliphatic carbocycles. The molecule has 1 aromatic heterocycles. The first-order valence-electron chi connectivity index (χ1n) is 3.42. The summed E-state index contributed by atoms with van der Waals surface area (Å²) in [6, 6.07) is 4.69. The molecular weight excluding hydrogens is 159 g/mol. The molecule has 0 unspecified atom stereocenters. The van der Waals surface area contributed by atoms with E-state index in [-0.39, 0.29) is 5.82 Å². The average Bonchev–Trinajstić information content (AvgIpc) is 2.49. The Morgan fingerprint density at radius 2 is 2.33 bits per heavy atom. The first-order valence-corrected chi connectivity index (χ1v) is 3.42. The Morgan fingerprint density at radius 3 is 3.00 bits per heavy atom. The molecule has 1 aromatic carbocycles. The number of fused-ring (bicyclic) bond motifs is 1. The largest absolute Gasteiger partial charge is 0.323 e. The summed E-state index contributed by atoms with van der Waals surface area (Å²) in [4.78, 5) is 6.66. The molecule has 2 rings (SSSR count). The molecule has 4 nitrogen and oxygen atoms in total. The number of hydrogen-bond acceptors (Lipinski definition) is 3. The van der Waals surface area contributed by atoms with E-state index in [2.05, 4.69) is 15.4 Å². The van der Waals surface area contributed by atoms with E-state index in [1.807, 2.05) is 0 Å². The predicted octanol–water partition coefficient (Wildman–Crippen LogP) is 0.988. The van der Waals surface area contributed by atoms with E-state index < -0.39 is 0 Å². The number of imidazole rings is 1. The van der Waals surface area contributed by atoms with Gasteiger partial charge >= 0.3 is 0 Å². The van der Waals surface area contributed by atoms with Crippen LogP contribution < -0.4 is 11.3 Å². The minimum absolute atomic E-state index is 0.297. The second kappa shape index (κ2) is 2.46. The van der Waals surface area contributed by atoms with Gasteiger partial charge in [0.05, 0.1) is 5.52 Å². The number of hydrazine groups is 1. The second-order valence-corrected chi connectivity index (χ2v) is 2.37. The number of nitrogens with two attached hydrogens (primary N) is 1. The van der Waals surface area contributed by atoms with Crippen LogP contribution in [0.2, 0.25) is 0 Å². The maximum atomic E-state index is 13.0. The lowest BCUT2D eigenvalue weighted by Gasteiger charge is -1.86. The molecule has 4 N–H and O–H groups in total. The van der Waals surface area contributed by atoms with Gasteiger partial charge in [-0.05, 0) is 12.1 Å². The van der Waals surface area contributed by atoms with Crippen LogP contribution in [0.25, 0.3) is 11.0 Å². The molecular formula is C7H7FN4. The third kappa shape index (κ3) is 0.911. The molecule has 0 atom stereocenters. The van der Waals surface area contributed by atoms with Crippen molar-refractivity contribution in [1.29, 1.82) is 0 Å². The number of nitrogens with one attached hydrogen (secondary N) is 2. The molecule has 0 radical (unpaired) electrons. The minimum atomic E-state index is -0.356. The first-order chi connectivity index (χ1) is 5.81. The molecule has 1 heterocycles. The van der Waals surface area contributed by atoms with Crippen LogP contribution in [0.1, 0.15) is 0 Å². The number of benzene rings is 1. The van der Waals surface area contributed by atoms with Crippen LogP contribution in [-0.4, -0.2) is 9.97 Å². The van der Waals surface area contributed by atoms with Crippen molar-refractivity contribution in [2.75, 3.05) is 5.43 Å². The molecule has 0 saturated carbocycles. The van der Waals surface area contributed by atoms with Crippen LogP contribution in [0.3, 0.4) is 0 Å². The van der Waals surface area contributed by atoms with E-state index in [1.54, 1.807) is 12.1 Å². The molecule has 0 bridgehead atoms. The summed E-state index contributed by atoms with van der Waals surface area (Å²) >= 11 is 0. The predicted molar refractivity (Wildman–Crippen MR) is 43.9 cm³/mol. The molecule has 0 spiro atoms. The summed E-state index contributed by atoms with van der Waals surface area (Å²) in [5.74, 6) is 5.10. The van der Waals surface area contributed by atoms with Gasteiger partial charge in [0, 0.05) is 0 Å². The van der Waals surface area contributed by atoms with Crippen molar-refractivity contribution in [3.05, 3.63) is 24.0 Å². The van der Waals surface area contributed by atoms with Gasteiger partial charge in [-0.2, -0.15) is 0 Å². The lowest BCUT2D eigenvalue weighted by Crippen LogP contribution is -2.07. The standard InChI is InChI=1S/C7H7FN4/c8-4-2-1-3-5-6(4)11-7(10-5)12-9/h1-3H,9H2,(H2,10,11,12). The van der Waals surface area contributed by atoms with Gasteiger partial charge in [-0.3, -0.25) is 5.43 Å². The van der Waals surface area contributed by atoms with Crippen LogP contribution in [0.5, 0.6) is 0 Å². The van der Waals surface area contributed by atoms with Gasteiger partial charge in [-0.15, -0.1) is 0 Å². The van der Waals surface area contributed by atoms with E-state index in [1.165, 1.54) is 6.07 Å². The fourth-order valence-electron chi connectivity index (χ4n) is 1.07. The van der Waals surface area contributed by atoms with Crippen molar-refractivity contribution in [1.82, 2.24) is 9.97 Å². The number of aromatic nitrogens is 2. The summed E-state index contributed by atoms with van der Waals surface area (Å²) in [5.41, 5.74) is 3.23. The Morgan fingerprint density at radius 1 is 1.50 bits per heavy atom. The minimum Gasteiger partial charge on any atom is -0.323 e. The fraction of sp³-hybridized carbons (Fsp3) is 0. The summed E-state index contributed by atoms with van der Waals surface area (Å²) in [5, 5.41) is 0. The van der Waals surface area contributed by atoms with Crippen LogP contribution in [-0.2, 0) is 0 Å². The van der Waals surface area contributed by atoms with E-state index in [4.69, 9.17) is 5.84 Å². The number of nitrogens with zero attached hydrogens (tertiary/aromatic N) is 1. The second-order valence-electron chi connectivity index (χ2n) is 2.37. The Labute approximate surface area is 67.6 Å². The van der Waals surface area contributed by atoms with Gasteiger partial charge in [0.25, 0.3) is 0 Å². The molecule has 0 fully saturated rings. The van der Waals surface area contributed by atoms with Gasteiger partial charge in [-0.25, -0.2) is 15.2 Å². The molecule has 5 heteroatoms. The van der Waals surface area contributed by atoms with Gasteiger partial charge in [0.2, 0.25) is 5.95 Å². The highest BCUT2D eigenvalue weighted by molar-refractivity contribution is 5.77. The van der Waals surface area contributed by atoms with Crippen molar-refractivity contribution >= 4 is 17.0 Å². The highest BCUT2D eigenvalue weighted by Crippen LogP contribution is 2.16. The van der Waals surface area contributed by atoms with Crippen molar-refractivity contribution in [3.8, 4) is 0 Å². The van der Waals surface area contributed by atoms with Crippen LogP contribution in [0.4, 0.5) is 10.3 Å². The van der Waals surface area contributed by atoms with Crippen LogP contribution in [0.15, 0.2) is 18.2 Å². The number of nitrogen functional groups attached to an aromatic ring is 1. The van der Waals surface area contributed by atoms with Crippen molar-refractivity contribution in [3.63, 3.8) is 0 Å². The normalized spacial score (nSPS) is 10.5. The molecule has 62 valence electrons. The fourth-order valence-corrected chi connectivity index (χ4v) is 1.07. The van der Waals surface area contributed by atoms with Gasteiger partial charge in [-0.1, -0.05) is 6.07 Å². The van der Waals surface area contributed by atoms with Crippen molar-refractivity contribution in [2.24, 2.45) is 5.84 Å². The van der Waals surface area contributed by atoms with Gasteiger partial charge in [0.1, 0.15) is 5.52 Å². The summed E-state index contributed by atoms with van der Waals surface area (Å²) < 4.78 is 13.0. The van der Waals surface area contributed by atoms with Gasteiger partial charge in [0.15, 0.2) is 5.82 Å². The SMILES string of the molecule is NNc1nc2c(F)cccc2[nH]1. The molecule has 0 aliphatic rings. The molecule has 0 saturated heterocycles. The maximum Gasteiger partial charge on any atom is 0.215 e. The number of anilines is 1. The van der Waals surface area contributed by atoms with E-state index >= 15 is 0 Å². The lowest BCUT2D eigenvalue weighted by molar-refractivity contribution is 0.637. The quantitative estimate of drug-likeness (QED) is 0.437. The zero-order chi connectivity index (χ0) is 8.55. The maximum absolute atomic E-state index is 13.0. The third-order valence-electron chi connectivity index (χ3n) is 1.60. The van der Waals surface area contributed by atoms with Crippen LogP contribution >= 0.6 is 0 Å². The first kappa shape index (κ1) is 7.05. The van der Waals surface area contributed by atoms with Crippen LogP contribution in [0, 0.1) is 5.82 Å². The summed E-state index contributed by atoms with van der Waals surface area (Å²) in [6.45, 7) is 0. The topological polar surface area (TPSA) is 66.7 Å². The van der Waals surface area contributed by atoms with Crippen molar-refractivity contribution in [2.45, 2.75) is 0 Å². The van der Waals surface area contributed by atoms with E-state index in [9.17, 15) is 4.39 Å². The number of hydrogen-bond donors (Lipinski definition) is 3. The summed E-state index contributed by atoms with van der Waals surface area (Å²) in [7, 11) is 0. The Hall–Kier alpha value is -1.62.